The largest absolute Gasteiger partial charge is 0.443 e. The summed E-state index contributed by atoms with van der Waals surface area (Å²) in [6.07, 6.45) is 0.159. The predicted octanol–water partition coefficient (Wildman–Crippen LogP) is 5.99. The minimum atomic E-state index is -0.814. The first-order valence-corrected chi connectivity index (χ1v) is 11.7. The molecule has 3 aromatic carbocycles. The van der Waals surface area contributed by atoms with E-state index in [9.17, 15) is 9.59 Å². The summed E-state index contributed by atoms with van der Waals surface area (Å²) >= 11 is 0. The molecule has 0 saturated heterocycles. The van der Waals surface area contributed by atoms with E-state index in [1.807, 2.05) is 109 Å². The molecular weight excluding hydrogens is 468 g/mol. The van der Waals surface area contributed by atoms with Gasteiger partial charge in [0, 0.05) is 11.8 Å². The number of nitrogens with zero attached hydrogens (tertiary/aromatic N) is 3. The van der Waals surface area contributed by atoms with Crippen LogP contribution in [0.2, 0.25) is 0 Å². The second-order valence-corrected chi connectivity index (χ2v) is 8.13. The second kappa shape index (κ2) is 11.1. The Balaban J connectivity index is 1.48. The van der Waals surface area contributed by atoms with Gasteiger partial charge in [-0.3, -0.25) is 4.40 Å². The van der Waals surface area contributed by atoms with Crippen LogP contribution in [0.5, 0.6) is 0 Å². The molecule has 5 rings (SSSR count). The van der Waals surface area contributed by atoms with Crippen molar-refractivity contribution in [2.24, 2.45) is 0 Å². The molecule has 5 aromatic rings. The molecule has 8 heteroatoms. The molecule has 2 amide bonds. The summed E-state index contributed by atoms with van der Waals surface area (Å²) in [4.78, 5) is 31.0. The summed E-state index contributed by atoms with van der Waals surface area (Å²) in [7, 11) is 0. The fourth-order valence-corrected chi connectivity index (χ4v) is 3.80. The molecule has 0 atom stereocenters. The average Bonchev–Trinajstić information content (AvgIpc) is 3.34. The predicted molar refractivity (Wildman–Crippen MR) is 139 cm³/mol. The Morgan fingerprint density at radius 1 is 0.730 bits per heavy atom. The highest BCUT2D eigenvalue weighted by molar-refractivity contribution is 5.94. The van der Waals surface area contributed by atoms with Crippen LogP contribution in [0.15, 0.2) is 115 Å². The first kappa shape index (κ1) is 23.6. The van der Waals surface area contributed by atoms with Gasteiger partial charge in [-0.1, -0.05) is 97.1 Å². The lowest BCUT2D eigenvalue weighted by atomic mass is 10.1. The van der Waals surface area contributed by atoms with Crippen LogP contribution in [0, 0.1) is 0 Å². The van der Waals surface area contributed by atoms with Gasteiger partial charge in [-0.15, -0.1) is 0 Å². The smallest absolute Gasteiger partial charge is 0.435 e. The minimum Gasteiger partial charge on any atom is -0.443 e. The zero-order valence-corrected chi connectivity index (χ0v) is 19.9. The molecule has 1 N–H and O–H groups in total. The molecule has 0 aliphatic carbocycles. The van der Waals surface area contributed by atoms with Crippen molar-refractivity contribution < 1.29 is 19.1 Å². The molecular formula is C29H24N4O4. The Hall–Kier alpha value is -5.11. The highest BCUT2D eigenvalue weighted by Gasteiger charge is 2.28. The highest BCUT2D eigenvalue weighted by Crippen LogP contribution is 2.31. The SMILES string of the molecule is O=C(NN(C(=O)OCc1ccccc1)c1c(-c2ccccc2)nc2ccccn12)OCc1ccccc1. The fourth-order valence-electron chi connectivity index (χ4n) is 3.80. The van der Waals surface area contributed by atoms with Gasteiger partial charge in [0.25, 0.3) is 0 Å². The minimum absolute atomic E-state index is 0.0221. The van der Waals surface area contributed by atoms with Crippen LogP contribution in [-0.4, -0.2) is 21.6 Å². The Labute approximate surface area is 213 Å². The van der Waals surface area contributed by atoms with Gasteiger partial charge < -0.3 is 9.47 Å². The van der Waals surface area contributed by atoms with Crippen molar-refractivity contribution in [1.82, 2.24) is 14.8 Å². The number of hydrogen-bond acceptors (Lipinski definition) is 5. The molecule has 0 aliphatic heterocycles. The van der Waals surface area contributed by atoms with E-state index in [4.69, 9.17) is 14.5 Å². The molecule has 0 fully saturated rings. The third-order valence-electron chi connectivity index (χ3n) is 5.57. The maximum Gasteiger partial charge on any atom is 0.435 e. The lowest BCUT2D eigenvalue weighted by Gasteiger charge is -2.23. The van der Waals surface area contributed by atoms with E-state index in [0.717, 1.165) is 21.7 Å². The molecule has 2 heterocycles. The molecule has 0 radical (unpaired) electrons. The van der Waals surface area contributed by atoms with Crippen molar-refractivity contribution in [1.29, 1.82) is 0 Å². The third kappa shape index (κ3) is 5.59. The van der Waals surface area contributed by atoms with Gasteiger partial charge in [0.15, 0.2) is 5.82 Å². The maximum atomic E-state index is 13.4. The quantitative estimate of drug-likeness (QED) is 0.295. The van der Waals surface area contributed by atoms with Gasteiger partial charge in [-0.25, -0.2) is 20.0 Å². The van der Waals surface area contributed by atoms with Crippen molar-refractivity contribution in [3.05, 3.63) is 127 Å². The summed E-state index contributed by atoms with van der Waals surface area (Å²) < 4.78 is 12.7. The number of carbonyl (C=O) groups is 2. The lowest BCUT2D eigenvalue weighted by Crippen LogP contribution is -2.47. The van der Waals surface area contributed by atoms with E-state index < -0.39 is 12.2 Å². The van der Waals surface area contributed by atoms with Crippen LogP contribution in [0.4, 0.5) is 15.4 Å². The number of benzene rings is 3. The average molecular weight is 493 g/mol. The van der Waals surface area contributed by atoms with E-state index in [0.29, 0.717) is 17.2 Å². The number of pyridine rings is 1. The van der Waals surface area contributed by atoms with Crippen LogP contribution in [-0.2, 0) is 22.7 Å². The van der Waals surface area contributed by atoms with Gasteiger partial charge in [0.2, 0.25) is 0 Å². The number of hydrazine groups is 1. The topological polar surface area (TPSA) is 85.2 Å². The summed E-state index contributed by atoms with van der Waals surface area (Å²) in [5.74, 6) is 0.316. The maximum absolute atomic E-state index is 13.4. The van der Waals surface area contributed by atoms with Crippen molar-refractivity contribution in [3.8, 4) is 11.3 Å². The number of aromatic nitrogens is 2. The van der Waals surface area contributed by atoms with Crippen LogP contribution in [0.1, 0.15) is 11.1 Å². The van der Waals surface area contributed by atoms with Gasteiger partial charge in [0.05, 0.1) is 0 Å². The van der Waals surface area contributed by atoms with E-state index in [-0.39, 0.29) is 13.2 Å². The number of rotatable bonds is 6. The molecule has 0 saturated carbocycles. The number of anilines is 1. The summed E-state index contributed by atoms with van der Waals surface area (Å²) in [5.41, 5.74) is 6.04. The van der Waals surface area contributed by atoms with Crippen molar-refractivity contribution in [3.63, 3.8) is 0 Å². The Morgan fingerprint density at radius 3 is 1.95 bits per heavy atom. The number of carbonyl (C=O) groups excluding carboxylic acids is 2. The van der Waals surface area contributed by atoms with E-state index in [1.54, 1.807) is 10.6 Å². The van der Waals surface area contributed by atoms with Crippen LogP contribution in [0.25, 0.3) is 16.9 Å². The molecule has 0 spiro atoms. The zero-order valence-electron chi connectivity index (χ0n) is 19.9. The zero-order chi connectivity index (χ0) is 25.5. The van der Waals surface area contributed by atoms with E-state index >= 15 is 0 Å². The van der Waals surface area contributed by atoms with Crippen LogP contribution in [0.3, 0.4) is 0 Å². The normalized spacial score (nSPS) is 10.6. The van der Waals surface area contributed by atoms with E-state index in [2.05, 4.69) is 5.43 Å². The first-order valence-electron chi connectivity index (χ1n) is 11.7. The summed E-state index contributed by atoms with van der Waals surface area (Å²) in [6.45, 7) is 0.0621. The Bertz CT molecular complexity index is 1490. The Morgan fingerprint density at radius 2 is 1.30 bits per heavy atom. The summed E-state index contributed by atoms with van der Waals surface area (Å²) in [6, 6.07) is 33.5. The van der Waals surface area contributed by atoms with Gasteiger partial charge in [0.1, 0.15) is 24.6 Å². The third-order valence-corrected chi connectivity index (χ3v) is 5.57. The van der Waals surface area contributed by atoms with Gasteiger partial charge in [-0.05, 0) is 23.3 Å². The van der Waals surface area contributed by atoms with Crippen LogP contribution >= 0.6 is 0 Å². The number of imidazole rings is 1. The standard InChI is InChI=1S/C29H24N4O4/c34-28(36-20-22-12-4-1-5-13-22)31-33(29(35)37-21-23-14-6-2-7-15-23)27-26(24-16-8-3-9-17-24)30-25-18-10-11-19-32(25)27/h1-19H,20-21H2,(H,31,34). The molecule has 0 bridgehead atoms. The number of amides is 2. The number of ether oxygens (including phenoxy) is 2. The Kier molecular flexibility index (Phi) is 7.08. The first-order chi connectivity index (χ1) is 18.2. The monoisotopic (exact) mass is 492 g/mol. The lowest BCUT2D eigenvalue weighted by molar-refractivity contribution is 0.126. The van der Waals surface area contributed by atoms with Gasteiger partial charge >= 0.3 is 12.2 Å². The van der Waals surface area contributed by atoms with Gasteiger partial charge in [-0.2, -0.15) is 5.01 Å². The molecule has 2 aromatic heterocycles. The number of nitrogens with one attached hydrogen (secondary N) is 1. The van der Waals surface area contributed by atoms with Crippen LogP contribution < -0.4 is 10.4 Å². The highest BCUT2D eigenvalue weighted by atomic mass is 16.6. The van der Waals surface area contributed by atoms with E-state index in [1.165, 1.54) is 0 Å². The summed E-state index contributed by atoms with van der Waals surface area (Å²) in [5, 5.41) is 1.04. The molecule has 8 nitrogen and oxygen atoms in total. The molecule has 0 unspecified atom stereocenters. The molecule has 0 aliphatic rings. The van der Waals surface area contributed by atoms with Crippen molar-refractivity contribution in [2.45, 2.75) is 13.2 Å². The number of hydrogen-bond donors (Lipinski definition) is 1. The number of fused-ring (bicyclic) bond motifs is 1. The van der Waals surface area contributed by atoms with Crippen molar-refractivity contribution >= 4 is 23.7 Å². The molecule has 184 valence electrons. The second-order valence-electron chi connectivity index (χ2n) is 8.13. The van der Waals surface area contributed by atoms with Crippen molar-refractivity contribution in [2.75, 3.05) is 5.01 Å². The fraction of sp³-hybridized carbons (Fsp3) is 0.0690. The molecule has 37 heavy (non-hydrogen) atoms.